The lowest BCUT2D eigenvalue weighted by Gasteiger charge is -2.56. The Bertz CT molecular complexity index is 412. The first-order valence-electron chi connectivity index (χ1n) is 8.18. The van der Waals surface area contributed by atoms with E-state index in [0.29, 0.717) is 0 Å². The van der Waals surface area contributed by atoms with Crippen molar-refractivity contribution in [3.05, 3.63) is 0 Å². The zero-order valence-electron chi connectivity index (χ0n) is 12.9. The highest BCUT2D eigenvalue weighted by atomic mass is 16.4. The van der Waals surface area contributed by atoms with Crippen LogP contribution in [0.25, 0.3) is 0 Å². The van der Waals surface area contributed by atoms with E-state index in [1.807, 2.05) is 13.8 Å². The van der Waals surface area contributed by atoms with Crippen LogP contribution in [0, 0.1) is 23.7 Å². The van der Waals surface area contributed by atoms with E-state index >= 15 is 0 Å². The Morgan fingerprint density at radius 1 is 1.05 bits per heavy atom. The van der Waals surface area contributed by atoms with Crippen LogP contribution < -0.4 is 10.6 Å². The molecular formula is C16H26N2O3. The zero-order chi connectivity index (χ0) is 15.2. The molecule has 0 unspecified atom stereocenters. The number of hydrogen-bond donors (Lipinski definition) is 3. The van der Waals surface area contributed by atoms with Crippen LogP contribution in [0.3, 0.4) is 0 Å². The molecule has 0 saturated heterocycles. The average molecular weight is 294 g/mol. The van der Waals surface area contributed by atoms with E-state index in [2.05, 4.69) is 10.6 Å². The molecule has 4 saturated carbocycles. The van der Waals surface area contributed by atoms with Crippen molar-refractivity contribution in [3.63, 3.8) is 0 Å². The Hall–Kier alpha value is -1.26. The maximum Gasteiger partial charge on any atom is 0.326 e. The van der Waals surface area contributed by atoms with Gasteiger partial charge < -0.3 is 15.7 Å². The van der Waals surface area contributed by atoms with Crippen molar-refractivity contribution in [1.82, 2.24) is 10.6 Å². The number of rotatable bonds is 4. The maximum atomic E-state index is 12.3. The van der Waals surface area contributed by atoms with Crippen LogP contribution in [0.2, 0.25) is 0 Å². The highest BCUT2D eigenvalue weighted by molar-refractivity contribution is 5.83. The lowest BCUT2D eigenvalue weighted by atomic mass is 9.53. The molecule has 118 valence electrons. The van der Waals surface area contributed by atoms with Gasteiger partial charge in [-0.25, -0.2) is 9.59 Å². The monoisotopic (exact) mass is 294 g/mol. The molecule has 4 rings (SSSR count). The molecular weight excluding hydrogens is 268 g/mol. The number of carboxylic acids is 1. The standard InChI is InChI=1S/C16H26N2O3/c1-9(2)13(14(19)20)17-15(21)18-16-6-10-3-11(7-16)5-12(4-10)8-16/h9-13H,3-8H2,1-2H3,(H,19,20)(H2,17,18,21)/t10?,11?,12?,13-,16?/m1/s1. The largest absolute Gasteiger partial charge is 0.480 e. The van der Waals surface area contributed by atoms with Crippen LogP contribution in [-0.4, -0.2) is 28.7 Å². The molecule has 4 aliphatic carbocycles. The molecule has 5 heteroatoms. The number of aliphatic carboxylic acids is 1. The first-order chi connectivity index (χ1) is 9.87. The van der Waals surface area contributed by atoms with E-state index in [-0.39, 0.29) is 17.5 Å². The fraction of sp³-hybridized carbons (Fsp3) is 0.875. The van der Waals surface area contributed by atoms with Gasteiger partial charge in [0.05, 0.1) is 0 Å². The molecule has 0 heterocycles. The highest BCUT2D eigenvalue weighted by Crippen LogP contribution is 2.55. The maximum absolute atomic E-state index is 12.3. The molecule has 3 N–H and O–H groups in total. The predicted octanol–water partition coefficient (Wildman–Crippen LogP) is 2.36. The summed E-state index contributed by atoms with van der Waals surface area (Å²) in [6, 6.07) is -1.13. The minimum Gasteiger partial charge on any atom is -0.480 e. The lowest BCUT2D eigenvalue weighted by molar-refractivity contribution is -0.140. The van der Waals surface area contributed by atoms with E-state index in [9.17, 15) is 14.7 Å². The molecule has 0 spiro atoms. The SMILES string of the molecule is CC(C)[C@@H](NC(=O)NC12CC3CC(CC(C3)C1)C2)C(=O)O. The molecule has 0 aromatic rings. The number of carboxylic acid groups (broad SMARTS) is 1. The number of carbonyl (C=O) groups is 2. The summed E-state index contributed by atoms with van der Waals surface area (Å²) in [4.78, 5) is 23.5. The summed E-state index contributed by atoms with van der Waals surface area (Å²) >= 11 is 0. The Morgan fingerprint density at radius 3 is 1.90 bits per heavy atom. The molecule has 0 radical (unpaired) electrons. The molecule has 0 aliphatic heterocycles. The van der Waals surface area contributed by atoms with E-state index in [0.717, 1.165) is 37.0 Å². The predicted molar refractivity (Wildman–Crippen MR) is 78.8 cm³/mol. The van der Waals surface area contributed by atoms with Crippen molar-refractivity contribution in [1.29, 1.82) is 0 Å². The minimum absolute atomic E-state index is 0.0706. The number of carbonyl (C=O) groups excluding carboxylic acids is 1. The van der Waals surface area contributed by atoms with Crippen LogP contribution in [0.1, 0.15) is 52.4 Å². The zero-order valence-corrected chi connectivity index (χ0v) is 12.9. The van der Waals surface area contributed by atoms with Gasteiger partial charge >= 0.3 is 12.0 Å². The van der Waals surface area contributed by atoms with E-state index in [1.54, 1.807) is 0 Å². The first-order valence-corrected chi connectivity index (χ1v) is 8.18. The van der Waals surface area contributed by atoms with E-state index in [4.69, 9.17) is 0 Å². The van der Waals surface area contributed by atoms with Gasteiger partial charge in [-0.15, -0.1) is 0 Å². The normalized spacial score (nSPS) is 38.3. The van der Waals surface area contributed by atoms with Gasteiger partial charge in [0.15, 0.2) is 0 Å². The number of amides is 2. The third-order valence-electron chi connectivity index (χ3n) is 5.64. The smallest absolute Gasteiger partial charge is 0.326 e. The lowest BCUT2D eigenvalue weighted by Crippen LogP contribution is -2.62. The second-order valence-corrected chi connectivity index (χ2v) is 7.86. The van der Waals surface area contributed by atoms with Crippen LogP contribution in [0.4, 0.5) is 4.79 Å². The summed E-state index contributed by atoms with van der Waals surface area (Å²) in [6.45, 7) is 3.62. The first kappa shape index (κ1) is 14.7. The van der Waals surface area contributed by atoms with Crippen molar-refractivity contribution in [2.75, 3.05) is 0 Å². The van der Waals surface area contributed by atoms with Gasteiger partial charge in [0.1, 0.15) is 6.04 Å². The Balaban J connectivity index is 1.63. The third kappa shape index (κ3) is 2.87. The van der Waals surface area contributed by atoms with Crippen molar-refractivity contribution >= 4 is 12.0 Å². The second kappa shape index (κ2) is 5.18. The van der Waals surface area contributed by atoms with Crippen LogP contribution >= 0.6 is 0 Å². The average Bonchev–Trinajstić information content (AvgIpc) is 2.32. The molecule has 0 aromatic heterocycles. The van der Waals surface area contributed by atoms with Gasteiger partial charge in [-0.1, -0.05) is 13.8 Å². The molecule has 4 aliphatic rings. The van der Waals surface area contributed by atoms with Crippen LogP contribution in [-0.2, 0) is 4.79 Å². The van der Waals surface area contributed by atoms with Gasteiger partial charge in [-0.3, -0.25) is 0 Å². The Morgan fingerprint density at radius 2 is 1.52 bits per heavy atom. The summed E-state index contributed by atoms with van der Waals surface area (Å²) in [5.41, 5.74) is -0.0706. The highest BCUT2D eigenvalue weighted by Gasteiger charge is 2.51. The molecule has 4 fully saturated rings. The van der Waals surface area contributed by atoms with Gasteiger partial charge in [0.2, 0.25) is 0 Å². The summed E-state index contributed by atoms with van der Waals surface area (Å²) in [7, 11) is 0. The Kier molecular flexibility index (Phi) is 3.62. The summed E-state index contributed by atoms with van der Waals surface area (Å²) in [6.07, 6.45) is 7.20. The fourth-order valence-corrected chi connectivity index (χ4v) is 5.20. The van der Waals surface area contributed by atoms with Crippen molar-refractivity contribution in [2.45, 2.75) is 64.0 Å². The van der Waals surface area contributed by atoms with Crippen molar-refractivity contribution in [2.24, 2.45) is 23.7 Å². The quantitative estimate of drug-likeness (QED) is 0.745. The summed E-state index contributed by atoms with van der Waals surface area (Å²) in [5.74, 6) is 1.20. The molecule has 4 bridgehead atoms. The molecule has 5 nitrogen and oxygen atoms in total. The van der Waals surface area contributed by atoms with Gasteiger partial charge in [0.25, 0.3) is 0 Å². The topological polar surface area (TPSA) is 78.4 Å². The fourth-order valence-electron chi connectivity index (χ4n) is 5.20. The Labute approximate surface area is 125 Å². The second-order valence-electron chi connectivity index (χ2n) is 7.86. The third-order valence-corrected chi connectivity index (χ3v) is 5.64. The summed E-state index contributed by atoms with van der Waals surface area (Å²) < 4.78 is 0. The summed E-state index contributed by atoms with van der Waals surface area (Å²) in [5, 5.41) is 15.0. The number of hydrogen-bond acceptors (Lipinski definition) is 2. The van der Waals surface area contributed by atoms with Gasteiger partial charge in [0, 0.05) is 5.54 Å². The number of nitrogens with one attached hydrogen (secondary N) is 2. The van der Waals surface area contributed by atoms with Gasteiger partial charge in [-0.05, 0) is 62.2 Å². The van der Waals surface area contributed by atoms with E-state index in [1.165, 1.54) is 19.3 Å². The molecule has 21 heavy (non-hydrogen) atoms. The van der Waals surface area contributed by atoms with E-state index < -0.39 is 12.0 Å². The van der Waals surface area contributed by atoms with Crippen LogP contribution in [0.5, 0.6) is 0 Å². The molecule has 0 aromatic carbocycles. The van der Waals surface area contributed by atoms with Crippen molar-refractivity contribution < 1.29 is 14.7 Å². The molecule has 1 atom stereocenters. The van der Waals surface area contributed by atoms with Crippen LogP contribution in [0.15, 0.2) is 0 Å². The van der Waals surface area contributed by atoms with Gasteiger partial charge in [-0.2, -0.15) is 0 Å². The molecule has 2 amide bonds. The number of urea groups is 1. The minimum atomic E-state index is -0.967. The van der Waals surface area contributed by atoms with Crippen molar-refractivity contribution in [3.8, 4) is 0 Å².